The molecule has 0 radical (unpaired) electrons. The SMILES string of the molecule is CCCCCCC1(CCCCCC)c2cc(C3=c4ccc([nH]4)=C(Br)c4ccc([nH]4)C(Br)=c4ccc([nH]4)=C(c4ccccn4)c4ccc3[nH]4)ccc2-c2ccc(C3=c4ccc([nH]4)=C(c4ccccn4)c4ccc([nH]4)C(Br)=c4ccc([nH]4)=C(Br)c4ccc3[nH]4)cc21. The topological polar surface area (TPSA) is 152 Å². The summed E-state index contributed by atoms with van der Waals surface area (Å²) in [4.78, 5) is 40.6. The van der Waals surface area contributed by atoms with Gasteiger partial charge in [-0.15, -0.1) is 0 Å². The maximum absolute atomic E-state index is 4.94. The molecular weight excluding hydrogens is 1360 g/mol. The van der Waals surface area contributed by atoms with E-state index in [-0.39, 0.29) is 5.41 Å². The smallest absolute Gasteiger partial charge is 0.0743 e. The summed E-state index contributed by atoms with van der Waals surface area (Å²) in [6.45, 7) is 4.64. The lowest BCUT2D eigenvalue weighted by molar-refractivity contribution is 0.401. The largest absolute Gasteiger partial charge is 0.354 e. The number of benzene rings is 2. The van der Waals surface area contributed by atoms with Gasteiger partial charge in [0, 0.05) is 62.2 Å². The van der Waals surface area contributed by atoms with Crippen LogP contribution in [0.25, 0.3) is 51.3 Å². The highest BCUT2D eigenvalue weighted by Crippen LogP contribution is 2.55. The molecule has 2 aromatic carbocycles. The van der Waals surface area contributed by atoms with Crippen LogP contribution in [0.5, 0.6) is 0 Å². The van der Waals surface area contributed by atoms with E-state index in [1.807, 2.05) is 24.5 Å². The fourth-order valence-corrected chi connectivity index (χ4v) is 15.7. The highest BCUT2D eigenvalue weighted by atomic mass is 79.9. The van der Waals surface area contributed by atoms with E-state index in [1.54, 1.807) is 0 Å². The van der Waals surface area contributed by atoms with Gasteiger partial charge in [0.2, 0.25) is 0 Å². The Morgan fingerprint density at radius 1 is 0.315 bits per heavy atom. The van der Waals surface area contributed by atoms with Crippen LogP contribution >= 0.6 is 63.7 Å². The summed E-state index contributed by atoms with van der Waals surface area (Å²) < 4.78 is 3.74. The van der Waals surface area contributed by atoms with E-state index in [0.29, 0.717) is 0 Å². The number of hydrogen-bond donors (Lipinski definition) is 8. The number of unbranched alkanes of at least 4 members (excludes halogenated alkanes) is 6. The van der Waals surface area contributed by atoms with E-state index < -0.39 is 0 Å². The van der Waals surface area contributed by atoms with Crippen LogP contribution in [0.1, 0.15) is 157 Å². The van der Waals surface area contributed by atoms with Gasteiger partial charge in [0.1, 0.15) is 0 Å². The molecule has 12 heterocycles. The van der Waals surface area contributed by atoms with Gasteiger partial charge in [-0.05, 0) is 243 Å². The Labute approximate surface area is 548 Å². The van der Waals surface area contributed by atoms with Gasteiger partial charge in [-0.1, -0.05) is 102 Å². The van der Waals surface area contributed by atoms with Gasteiger partial charge in [0.15, 0.2) is 0 Å². The lowest BCUT2D eigenvalue weighted by Crippen LogP contribution is -2.26. The number of nitrogens with zero attached hydrogens (tertiary/aromatic N) is 2. The lowest BCUT2D eigenvalue weighted by Gasteiger charge is -2.33. The molecule has 15 rings (SSSR count). The monoisotopic (exact) mass is 1420 g/mol. The zero-order valence-electron chi connectivity index (χ0n) is 49.3. The standard InChI is InChI=1S/C75H64Br4N10/c1-3-5-7-11-37-75(38-12-8-6-4-2)47-41-43(67-51-21-23-55(82-51)69(49-15-9-13-39-80-49)57-27-31-61(86-57)73(78)65-35-33-63(88-65)71(76)59-29-25-53(67)84-59)17-19-45(47)46-20-18-44(42-48(46)75)68-52-22-24-56(83-52)70(50-16-10-14-40-81-50)58-28-32-62(87-58)74(79)66-36-34-64(89-66)72(77)60-30-26-54(68)85-60/h9-10,13-36,39-42,82-89H,3-8,11-12,37-38H2,1-2H3. The van der Waals surface area contributed by atoms with Crippen molar-refractivity contribution in [3.63, 3.8) is 0 Å². The molecule has 1 aliphatic carbocycles. The van der Waals surface area contributed by atoms with E-state index in [1.165, 1.54) is 60.8 Å². The highest BCUT2D eigenvalue weighted by molar-refractivity contribution is 9.15. The predicted molar refractivity (Wildman–Crippen MR) is 374 cm³/mol. The Balaban J connectivity index is 0.957. The number of aromatic amines is 8. The molecule has 14 heteroatoms. The van der Waals surface area contributed by atoms with Crippen molar-refractivity contribution < 1.29 is 0 Å². The average Bonchev–Trinajstić information content (AvgIpc) is 2.01. The maximum atomic E-state index is 4.94. The van der Waals surface area contributed by atoms with Crippen molar-refractivity contribution in [2.45, 2.75) is 83.5 Å². The minimum atomic E-state index is -0.281. The van der Waals surface area contributed by atoms with Crippen molar-refractivity contribution in [1.82, 2.24) is 49.8 Å². The molecule has 0 saturated carbocycles. The quantitative estimate of drug-likeness (QED) is 0.0512. The molecule has 0 atom stereocenters. The summed E-state index contributed by atoms with van der Waals surface area (Å²) >= 11 is 16.0. The molecule has 2 aliphatic heterocycles. The zero-order valence-corrected chi connectivity index (χ0v) is 55.6. The second-order valence-corrected chi connectivity index (χ2v) is 26.9. The number of nitrogens with one attached hydrogen (secondary N) is 8. The Hall–Kier alpha value is -8.14. The number of aromatic nitrogens is 10. The summed E-state index contributed by atoms with van der Waals surface area (Å²) in [5, 5.41) is 7.76. The Kier molecular flexibility index (Phi) is 15.5. The van der Waals surface area contributed by atoms with Crippen molar-refractivity contribution in [2.24, 2.45) is 0 Å². The fourth-order valence-electron chi connectivity index (χ4n) is 13.9. The van der Waals surface area contributed by atoms with Crippen LogP contribution in [0.15, 0.2) is 182 Å². The van der Waals surface area contributed by atoms with Crippen molar-refractivity contribution >= 4 is 104 Å². The van der Waals surface area contributed by atoms with Crippen molar-refractivity contribution in [3.05, 3.63) is 304 Å². The first-order valence-electron chi connectivity index (χ1n) is 30.9. The van der Waals surface area contributed by atoms with Crippen LogP contribution in [-0.2, 0) is 5.41 Å². The summed E-state index contributed by atoms with van der Waals surface area (Å²) in [5.41, 5.74) is 21.1. The van der Waals surface area contributed by atoms with Crippen LogP contribution in [-0.4, -0.2) is 49.8 Å². The van der Waals surface area contributed by atoms with Gasteiger partial charge in [-0.3, -0.25) is 9.97 Å². The number of hydrogen-bond acceptors (Lipinski definition) is 2. The van der Waals surface area contributed by atoms with Crippen LogP contribution in [0, 0.1) is 0 Å². The third kappa shape index (κ3) is 10.4. The van der Waals surface area contributed by atoms with Crippen LogP contribution < -0.4 is 42.8 Å². The van der Waals surface area contributed by atoms with Crippen molar-refractivity contribution in [1.29, 1.82) is 0 Å². The van der Waals surface area contributed by atoms with E-state index in [9.17, 15) is 0 Å². The molecule has 0 saturated heterocycles. The number of fused-ring (bicyclic) bond motifs is 19. The van der Waals surface area contributed by atoms with E-state index >= 15 is 0 Å². The zero-order chi connectivity index (χ0) is 60.3. The van der Waals surface area contributed by atoms with Crippen molar-refractivity contribution in [2.75, 3.05) is 0 Å². The summed E-state index contributed by atoms with van der Waals surface area (Å²) in [5.74, 6) is 0. The van der Waals surface area contributed by atoms with Gasteiger partial charge in [-0.25, -0.2) is 0 Å². The summed E-state index contributed by atoms with van der Waals surface area (Å²) in [6, 6.07) is 61.7. The second-order valence-electron chi connectivity index (χ2n) is 23.7. The normalized spacial score (nSPS) is 14.3. The first kappa shape index (κ1) is 57.3. The third-order valence-corrected chi connectivity index (χ3v) is 21.6. The van der Waals surface area contributed by atoms with E-state index in [4.69, 9.17) is 9.97 Å². The van der Waals surface area contributed by atoms with Gasteiger partial charge in [-0.2, -0.15) is 0 Å². The second kappa shape index (κ2) is 24.0. The molecule has 89 heavy (non-hydrogen) atoms. The Morgan fingerprint density at radius 2 is 0.640 bits per heavy atom. The number of halogens is 4. The van der Waals surface area contributed by atoms with Gasteiger partial charge in [0.05, 0.1) is 95.6 Å². The first-order valence-corrected chi connectivity index (χ1v) is 34.1. The van der Waals surface area contributed by atoms with Gasteiger partial charge in [0.25, 0.3) is 0 Å². The lowest BCUT2D eigenvalue weighted by atomic mass is 9.70. The molecule has 3 aliphatic rings. The summed E-state index contributed by atoms with van der Waals surface area (Å²) in [7, 11) is 0. The Bertz CT molecular complexity index is 5240. The first-order chi connectivity index (χ1) is 43.6. The molecule has 0 fully saturated rings. The van der Waals surface area contributed by atoms with E-state index in [2.05, 4.69) is 275 Å². The molecule has 16 bridgehead atoms. The molecule has 12 aromatic rings. The van der Waals surface area contributed by atoms with Crippen LogP contribution in [0.3, 0.4) is 0 Å². The van der Waals surface area contributed by atoms with E-state index in [0.717, 1.165) is 177 Å². The molecule has 0 spiro atoms. The average molecular weight is 1430 g/mol. The minimum absolute atomic E-state index is 0.281. The fraction of sp³-hybridized carbons (Fsp3) is 0.173. The number of H-pyrrole nitrogens is 8. The minimum Gasteiger partial charge on any atom is -0.354 e. The number of rotatable bonds is 14. The molecular formula is C75H64Br4N10. The predicted octanol–water partition coefficient (Wildman–Crippen LogP) is 13.1. The molecule has 0 amide bonds. The molecule has 0 unspecified atom stereocenters. The van der Waals surface area contributed by atoms with Gasteiger partial charge >= 0.3 is 0 Å². The van der Waals surface area contributed by atoms with Crippen LogP contribution in [0.2, 0.25) is 0 Å². The molecule has 10 aromatic heterocycles. The third-order valence-electron chi connectivity index (χ3n) is 18.2. The Morgan fingerprint density at radius 3 is 1.02 bits per heavy atom. The molecule has 10 nitrogen and oxygen atoms in total. The molecule has 442 valence electrons. The number of pyridine rings is 2. The molecule has 8 N–H and O–H groups in total. The van der Waals surface area contributed by atoms with Crippen molar-refractivity contribution in [3.8, 4) is 11.1 Å². The van der Waals surface area contributed by atoms with Crippen LogP contribution in [0.4, 0.5) is 0 Å². The van der Waals surface area contributed by atoms with Gasteiger partial charge < -0.3 is 39.9 Å². The maximum Gasteiger partial charge on any atom is 0.0743 e. The summed E-state index contributed by atoms with van der Waals surface area (Å²) in [6.07, 6.45) is 15.2. The highest BCUT2D eigenvalue weighted by Gasteiger charge is 2.43.